The van der Waals surface area contributed by atoms with Crippen molar-refractivity contribution in [3.63, 3.8) is 0 Å². The average Bonchev–Trinajstić information content (AvgIpc) is 2.55. The van der Waals surface area contributed by atoms with Gasteiger partial charge in [-0.25, -0.2) is 9.78 Å². The van der Waals surface area contributed by atoms with Gasteiger partial charge in [0, 0.05) is 18.8 Å². The van der Waals surface area contributed by atoms with Gasteiger partial charge in [0.25, 0.3) is 11.5 Å². The zero-order chi connectivity index (χ0) is 17.9. The molecule has 2 rings (SSSR count). The van der Waals surface area contributed by atoms with E-state index in [4.69, 9.17) is 0 Å². The lowest BCUT2D eigenvalue weighted by Gasteiger charge is -2.14. The number of aromatic amines is 1. The quantitative estimate of drug-likeness (QED) is 0.842. The highest BCUT2D eigenvalue weighted by molar-refractivity contribution is 6.05. The second-order valence-corrected chi connectivity index (χ2v) is 6.11. The molecular weight excluding hydrogens is 308 g/mol. The third-order valence-electron chi connectivity index (χ3n) is 3.79. The lowest BCUT2D eigenvalue weighted by Crippen LogP contribution is -2.33. The molecule has 0 fully saturated rings. The van der Waals surface area contributed by atoms with E-state index >= 15 is 0 Å². The van der Waals surface area contributed by atoms with E-state index in [2.05, 4.69) is 15.3 Å². The first-order valence-electron chi connectivity index (χ1n) is 8.36. The third-order valence-corrected chi connectivity index (χ3v) is 3.79. The van der Waals surface area contributed by atoms with Crippen LogP contribution < -0.4 is 16.6 Å². The Morgan fingerprint density at radius 1 is 1.29 bits per heavy atom. The van der Waals surface area contributed by atoms with Gasteiger partial charge in [-0.15, -0.1) is 0 Å². The summed E-state index contributed by atoms with van der Waals surface area (Å²) in [5.41, 5.74) is 0.148. The fourth-order valence-corrected chi connectivity index (χ4v) is 2.53. The van der Waals surface area contributed by atoms with Crippen LogP contribution in [0.15, 0.2) is 15.7 Å². The smallest absolute Gasteiger partial charge is 0.329 e. The van der Waals surface area contributed by atoms with Crippen LogP contribution in [0.25, 0.3) is 11.0 Å². The van der Waals surface area contributed by atoms with Crippen LogP contribution >= 0.6 is 0 Å². The van der Waals surface area contributed by atoms with E-state index in [0.29, 0.717) is 25.2 Å². The van der Waals surface area contributed by atoms with Crippen molar-refractivity contribution in [1.29, 1.82) is 0 Å². The number of nitrogens with one attached hydrogen (secondary N) is 2. The van der Waals surface area contributed by atoms with E-state index in [1.54, 1.807) is 6.07 Å². The summed E-state index contributed by atoms with van der Waals surface area (Å²) in [7, 11) is 0. The van der Waals surface area contributed by atoms with Crippen LogP contribution in [0, 0.1) is 0 Å². The van der Waals surface area contributed by atoms with Crippen LogP contribution in [0.4, 0.5) is 0 Å². The molecular formula is C17H24N4O3. The number of hydrogen-bond donors (Lipinski definition) is 2. The molecule has 0 saturated carbocycles. The van der Waals surface area contributed by atoms with Gasteiger partial charge in [-0.3, -0.25) is 19.1 Å². The normalized spacial score (nSPS) is 11.2. The van der Waals surface area contributed by atoms with Crippen molar-refractivity contribution in [2.75, 3.05) is 6.54 Å². The zero-order valence-corrected chi connectivity index (χ0v) is 14.6. The number of amides is 1. The highest BCUT2D eigenvalue weighted by Gasteiger charge is 2.19. The molecule has 0 aromatic carbocycles. The highest BCUT2D eigenvalue weighted by Crippen LogP contribution is 2.19. The van der Waals surface area contributed by atoms with Gasteiger partial charge >= 0.3 is 5.69 Å². The first-order chi connectivity index (χ1) is 11.4. The third kappa shape index (κ3) is 3.39. The Morgan fingerprint density at radius 2 is 2.00 bits per heavy atom. The van der Waals surface area contributed by atoms with Crippen LogP contribution in [-0.4, -0.2) is 27.0 Å². The molecule has 0 aliphatic heterocycles. The van der Waals surface area contributed by atoms with Gasteiger partial charge in [0.1, 0.15) is 0 Å². The number of carbonyl (C=O) groups is 1. The maximum absolute atomic E-state index is 12.5. The van der Waals surface area contributed by atoms with Crippen LogP contribution in [0.3, 0.4) is 0 Å². The molecule has 0 saturated heterocycles. The minimum absolute atomic E-state index is 0.0663. The molecule has 7 heteroatoms. The van der Waals surface area contributed by atoms with E-state index in [1.807, 2.05) is 27.7 Å². The molecule has 0 aliphatic carbocycles. The molecule has 2 heterocycles. The predicted octanol–water partition coefficient (Wildman–Crippen LogP) is 1.76. The number of fused-ring (bicyclic) bond motifs is 1. The summed E-state index contributed by atoms with van der Waals surface area (Å²) in [5, 5.41) is 2.96. The minimum atomic E-state index is -0.577. The van der Waals surface area contributed by atoms with Gasteiger partial charge in [0.05, 0.1) is 10.9 Å². The standard InChI is InChI=1S/C17H24N4O3/c1-5-7-18-15(22)11-9-12(10(3)4)19-14-13(11)16(23)20-17(24)21(14)8-6-2/h9-10H,5-8H2,1-4H3,(H,18,22)(H,20,23,24). The lowest BCUT2D eigenvalue weighted by atomic mass is 10.0. The van der Waals surface area contributed by atoms with Gasteiger partial charge < -0.3 is 5.32 Å². The fraction of sp³-hybridized carbons (Fsp3) is 0.529. The molecule has 0 unspecified atom stereocenters. The summed E-state index contributed by atoms with van der Waals surface area (Å²) in [6.07, 6.45) is 1.51. The number of carbonyl (C=O) groups excluding carboxylic acids is 1. The Morgan fingerprint density at radius 3 is 2.58 bits per heavy atom. The van der Waals surface area contributed by atoms with Gasteiger partial charge in [0.15, 0.2) is 5.65 Å². The maximum atomic E-state index is 12.5. The number of H-pyrrole nitrogens is 1. The summed E-state index contributed by atoms with van der Waals surface area (Å²) in [4.78, 5) is 43.8. The Bertz CT molecular complexity index is 864. The van der Waals surface area contributed by atoms with Gasteiger partial charge in [-0.1, -0.05) is 27.7 Å². The minimum Gasteiger partial charge on any atom is -0.352 e. The van der Waals surface area contributed by atoms with E-state index in [-0.39, 0.29) is 28.4 Å². The number of aromatic nitrogens is 3. The maximum Gasteiger partial charge on any atom is 0.329 e. The molecule has 0 radical (unpaired) electrons. The molecule has 0 spiro atoms. The highest BCUT2D eigenvalue weighted by atomic mass is 16.2. The molecule has 0 aliphatic rings. The number of aryl methyl sites for hydroxylation is 1. The first-order valence-corrected chi connectivity index (χ1v) is 8.36. The monoisotopic (exact) mass is 332 g/mol. The molecule has 2 N–H and O–H groups in total. The Balaban J connectivity index is 2.85. The average molecular weight is 332 g/mol. The van der Waals surface area contributed by atoms with E-state index in [9.17, 15) is 14.4 Å². The number of hydrogen-bond acceptors (Lipinski definition) is 4. The predicted molar refractivity (Wildman–Crippen MR) is 93.6 cm³/mol. The van der Waals surface area contributed by atoms with E-state index < -0.39 is 11.2 Å². The number of nitrogens with zero attached hydrogens (tertiary/aromatic N) is 2. The van der Waals surface area contributed by atoms with Crippen molar-refractivity contribution in [2.45, 2.75) is 53.0 Å². The van der Waals surface area contributed by atoms with Gasteiger partial charge in [-0.05, 0) is 24.8 Å². The largest absolute Gasteiger partial charge is 0.352 e. The van der Waals surface area contributed by atoms with Crippen LogP contribution in [0.2, 0.25) is 0 Å². The van der Waals surface area contributed by atoms with Crippen LogP contribution in [-0.2, 0) is 6.54 Å². The first kappa shape index (κ1) is 17.9. The Kier molecular flexibility index (Phi) is 5.54. The summed E-state index contributed by atoms with van der Waals surface area (Å²) >= 11 is 0. The van der Waals surface area contributed by atoms with Crippen LogP contribution in [0.5, 0.6) is 0 Å². The molecule has 130 valence electrons. The number of rotatable bonds is 6. The van der Waals surface area contributed by atoms with Crippen molar-refractivity contribution >= 4 is 16.9 Å². The Hall–Kier alpha value is -2.44. The lowest BCUT2D eigenvalue weighted by molar-refractivity contribution is 0.0955. The Labute approximate surface area is 140 Å². The summed E-state index contributed by atoms with van der Waals surface area (Å²) in [6.45, 7) is 8.75. The van der Waals surface area contributed by atoms with E-state index in [0.717, 1.165) is 6.42 Å². The number of pyridine rings is 1. The summed E-state index contributed by atoms with van der Waals surface area (Å²) < 4.78 is 1.43. The molecule has 24 heavy (non-hydrogen) atoms. The summed E-state index contributed by atoms with van der Waals surface area (Å²) in [6, 6.07) is 1.65. The SMILES string of the molecule is CCCNC(=O)c1cc(C(C)C)nc2c1c(=O)[nH]c(=O)n2CCC. The van der Waals surface area contributed by atoms with Crippen molar-refractivity contribution in [3.05, 3.63) is 38.2 Å². The van der Waals surface area contributed by atoms with E-state index in [1.165, 1.54) is 4.57 Å². The molecule has 0 atom stereocenters. The molecule has 2 aromatic rings. The van der Waals surface area contributed by atoms with Crippen LogP contribution in [0.1, 0.15) is 62.5 Å². The second-order valence-electron chi connectivity index (χ2n) is 6.11. The van der Waals surface area contributed by atoms with Crippen molar-refractivity contribution in [3.8, 4) is 0 Å². The molecule has 0 bridgehead atoms. The van der Waals surface area contributed by atoms with Crippen molar-refractivity contribution in [2.24, 2.45) is 0 Å². The topological polar surface area (TPSA) is 96.8 Å². The van der Waals surface area contributed by atoms with Crippen molar-refractivity contribution < 1.29 is 4.79 Å². The van der Waals surface area contributed by atoms with Gasteiger partial charge in [0.2, 0.25) is 0 Å². The van der Waals surface area contributed by atoms with Crippen molar-refractivity contribution in [1.82, 2.24) is 19.9 Å². The molecule has 1 amide bonds. The van der Waals surface area contributed by atoms with Gasteiger partial charge in [-0.2, -0.15) is 0 Å². The fourth-order valence-electron chi connectivity index (χ4n) is 2.53. The molecule has 7 nitrogen and oxygen atoms in total. The summed E-state index contributed by atoms with van der Waals surface area (Å²) in [5.74, 6) is -0.255. The second kappa shape index (κ2) is 7.42. The zero-order valence-electron chi connectivity index (χ0n) is 14.6. The molecule has 2 aromatic heterocycles.